The molecule has 0 aromatic carbocycles. The molecule has 1 aromatic rings. The Morgan fingerprint density at radius 1 is 1.60 bits per heavy atom. The quantitative estimate of drug-likeness (QED) is 0.515. The topological polar surface area (TPSA) is 32.9 Å². The first kappa shape index (κ1) is 7.63. The second-order valence-electron chi connectivity index (χ2n) is 1.77. The van der Waals surface area contributed by atoms with Gasteiger partial charge in [-0.3, -0.25) is 4.79 Å². The van der Waals surface area contributed by atoms with Gasteiger partial charge in [-0.1, -0.05) is 11.6 Å². The summed E-state index contributed by atoms with van der Waals surface area (Å²) in [5, 5.41) is 0.322. The molecule has 0 radical (unpaired) electrons. The number of nitrogens with one attached hydrogen (secondary N) is 1. The maximum Gasteiger partial charge on any atom is 0.187 e. The third-order valence-corrected chi connectivity index (χ3v) is 1.75. The molecule has 0 saturated carbocycles. The molecule has 0 fully saturated rings. The van der Waals surface area contributed by atoms with Gasteiger partial charge in [-0.2, -0.15) is 0 Å². The highest BCUT2D eigenvalue weighted by Gasteiger charge is 2.01. The van der Waals surface area contributed by atoms with Crippen LogP contribution in [0.3, 0.4) is 0 Å². The largest absolute Gasteiger partial charge is 0.352 e. The Morgan fingerprint density at radius 3 is 2.70 bits per heavy atom. The molecule has 1 N–H and O–H groups in total. The number of alkyl halides is 1. The van der Waals surface area contributed by atoms with Crippen LogP contribution in [0.15, 0.2) is 17.1 Å². The summed E-state index contributed by atoms with van der Waals surface area (Å²) in [4.78, 5) is 13.6. The van der Waals surface area contributed by atoms with Crippen molar-refractivity contribution in [1.29, 1.82) is 0 Å². The van der Waals surface area contributed by atoms with Gasteiger partial charge in [-0.05, 0) is 0 Å². The van der Waals surface area contributed by atoms with E-state index in [4.69, 9.17) is 23.2 Å². The standard InChI is InChI=1S/C6H5Cl2NO/c7-3-4-5(10)1-2-9-6(4)8/h1-2H,3H2,(H,9,10). The van der Waals surface area contributed by atoms with Crippen LogP contribution in [0.2, 0.25) is 5.15 Å². The average molecular weight is 178 g/mol. The number of aromatic amines is 1. The van der Waals surface area contributed by atoms with Crippen LogP contribution in [0.25, 0.3) is 0 Å². The van der Waals surface area contributed by atoms with Crippen LogP contribution in [0.4, 0.5) is 0 Å². The smallest absolute Gasteiger partial charge is 0.187 e. The predicted molar refractivity (Wildman–Crippen MR) is 41.6 cm³/mol. The number of aromatic nitrogens is 1. The van der Waals surface area contributed by atoms with E-state index in [1.54, 1.807) is 0 Å². The monoisotopic (exact) mass is 177 g/mol. The van der Waals surface area contributed by atoms with Gasteiger partial charge in [0.1, 0.15) is 5.15 Å². The van der Waals surface area contributed by atoms with Crippen molar-refractivity contribution < 1.29 is 0 Å². The molecule has 0 amide bonds. The predicted octanol–water partition coefficient (Wildman–Crippen LogP) is 1.77. The highest BCUT2D eigenvalue weighted by atomic mass is 35.5. The summed E-state index contributed by atoms with van der Waals surface area (Å²) >= 11 is 11.0. The number of halogens is 2. The molecule has 10 heavy (non-hydrogen) atoms. The lowest BCUT2D eigenvalue weighted by Crippen LogP contribution is -2.06. The van der Waals surface area contributed by atoms with Crippen molar-refractivity contribution in [2.75, 3.05) is 0 Å². The molecular formula is C6H5Cl2NO. The van der Waals surface area contributed by atoms with Gasteiger partial charge in [0.05, 0.1) is 5.88 Å². The Kier molecular flexibility index (Phi) is 2.35. The molecule has 0 atom stereocenters. The van der Waals surface area contributed by atoms with Gasteiger partial charge in [0.2, 0.25) is 0 Å². The summed E-state index contributed by atoms with van der Waals surface area (Å²) in [6.45, 7) is 0. The van der Waals surface area contributed by atoms with Crippen molar-refractivity contribution in [3.8, 4) is 0 Å². The molecule has 0 bridgehead atoms. The zero-order chi connectivity index (χ0) is 7.56. The molecule has 1 heterocycles. The Labute approximate surface area is 67.8 Å². The molecule has 1 aromatic heterocycles. The molecule has 0 saturated heterocycles. The maximum absolute atomic E-state index is 10.9. The summed E-state index contributed by atoms with van der Waals surface area (Å²) in [6, 6.07) is 1.39. The molecule has 0 unspecified atom stereocenters. The average Bonchev–Trinajstić information content (AvgIpc) is 1.88. The Bertz CT molecular complexity index is 281. The van der Waals surface area contributed by atoms with Crippen molar-refractivity contribution in [2.24, 2.45) is 0 Å². The van der Waals surface area contributed by atoms with Gasteiger partial charge in [0.25, 0.3) is 0 Å². The Morgan fingerprint density at radius 2 is 2.30 bits per heavy atom. The van der Waals surface area contributed by atoms with Gasteiger partial charge in [-0.15, -0.1) is 11.6 Å². The summed E-state index contributed by atoms with van der Waals surface area (Å²) in [7, 11) is 0. The van der Waals surface area contributed by atoms with E-state index in [2.05, 4.69) is 4.98 Å². The summed E-state index contributed by atoms with van der Waals surface area (Å²) in [5.41, 5.74) is 0.296. The first-order chi connectivity index (χ1) is 4.75. The highest BCUT2D eigenvalue weighted by molar-refractivity contribution is 6.31. The fourth-order valence-corrected chi connectivity index (χ4v) is 1.17. The molecule has 2 nitrogen and oxygen atoms in total. The molecule has 54 valence electrons. The van der Waals surface area contributed by atoms with Crippen molar-refractivity contribution in [2.45, 2.75) is 5.88 Å². The number of hydrogen-bond acceptors (Lipinski definition) is 1. The van der Waals surface area contributed by atoms with E-state index in [0.29, 0.717) is 10.7 Å². The first-order valence-electron chi connectivity index (χ1n) is 2.67. The van der Waals surface area contributed by atoms with Crippen LogP contribution in [0, 0.1) is 0 Å². The van der Waals surface area contributed by atoms with Gasteiger partial charge in [0.15, 0.2) is 5.43 Å². The lowest BCUT2D eigenvalue weighted by molar-refractivity contribution is 1.21. The van der Waals surface area contributed by atoms with Gasteiger partial charge < -0.3 is 4.98 Å². The van der Waals surface area contributed by atoms with Crippen molar-refractivity contribution in [1.82, 2.24) is 4.98 Å². The minimum Gasteiger partial charge on any atom is -0.352 e. The second kappa shape index (κ2) is 3.08. The number of rotatable bonds is 1. The SMILES string of the molecule is O=c1cc[nH]c(Cl)c1CCl. The number of H-pyrrole nitrogens is 1. The van der Waals surface area contributed by atoms with E-state index in [9.17, 15) is 4.79 Å². The van der Waals surface area contributed by atoms with Crippen LogP contribution in [0.1, 0.15) is 5.56 Å². The van der Waals surface area contributed by atoms with Crippen LogP contribution in [-0.2, 0) is 5.88 Å². The summed E-state index contributed by atoms with van der Waals surface area (Å²) in [5.74, 6) is 0.148. The lowest BCUT2D eigenvalue weighted by atomic mass is 10.3. The minimum atomic E-state index is -0.126. The zero-order valence-electron chi connectivity index (χ0n) is 5.03. The van der Waals surface area contributed by atoms with E-state index < -0.39 is 0 Å². The molecule has 0 aliphatic carbocycles. The van der Waals surface area contributed by atoms with Crippen molar-refractivity contribution in [3.05, 3.63) is 33.2 Å². The number of hydrogen-bond donors (Lipinski definition) is 1. The van der Waals surface area contributed by atoms with Crippen LogP contribution in [0.5, 0.6) is 0 Å². The van der Waals surface area contributed by atoms with E-state index in [0.717, 1.165) is 0 Å². The zero-order valence-corrected chi connectivity index (χ0v) is 6.54. The number of pyridine rings is 1. The summed E-state index contributed by atoms with van der Waals surface area (Å²) in [6.07, 6.45) is 1.49. The molecule has 0 spiro atoms. The highest BCUT2D eigenvalue weighted by Crippen LogP contribution is 2.08. The first-order valence-corrected chi connectivity index (χ1v) is 3.59. The van der Waals surface area contributed by atoms with E-state index in [1.165, 1.54) is 12.3 Å². The summed E-state index contributed by atoms with van der Waals surface area (Å²) < 4.78 is 0. The molecule has 0 aliphatic heterocycles. The fourth-order valence-electron chi connectivity index (χ4n) is 0.611. The lowest BCUT2D eigenvalue weighted by Gasteiger charge is -1.94. The van der Waals surface area contributed by atoms with Crippen LogP contribution < -0.4 is 5.43 Å². The third-order valence-electron chi connectivity index (χ3n) is 1.14. The van der Waals surface area contributed by atoms with Crippen molar-refractivity contribution in [3.63, 3.8) is 0 Å². The second-order valence-corrected chi connectivity index (χ2v) is 2.41. The van der Waals surface area contributed by atoms with Crippen molar-refractivity contribution >= 4 is 23.2 Å². The van der Waals surface area contributed by atoms with Gasteiger partial charge in [0, 0.05) is 17.8 Å². The normalized spacial score (nSPS) is 9.80. The van der Waals surface area contributed by atoms with E-state index in [1.807, 2.05) is 0 Å². The molecule has 0 aliphatic rings. The van der Waals surface area contributed by atoms with E-state index >= 15 is 0 Å². The van der Waals surface area contributed by atoms with E-state index in [-0.39, 0.29) is 11.3 Å². The molecular weight excluding hydrogens is 173 g/mol. The minimum absolute atomic E-state index is 0.126. The van der Waals surface area contributed by atoms with Crippen LogP contribution in [-0.4, -0.2) is 4.98 Å². The third kappa shape index (κ3) is 1.33. The Hall–Kier alpha value is -0.470. The van der Waals surface area contributed by atoms with Crippen LogP contribution >= 0.6 is 23.2 Å². The molecule has 4 heteroatoms. The van der Waals surface area contributed by atoms with Gasteiger partial charge >= 0.3 is 0 Å². The fraction of sp³-hybridized carbons (Fsp3) is 0.167. The van der Waals surface area contributed by atoms with Gasteiger partial charge in [-0.25, -0.2) is 0 Å². The molecule has 1 rings (SSSR count). The maximum atomic E-state index is 10.9. The Balaban J connectivity index is 3.31.